The Balaban J connectivity index is 1.62. The molecule has 12 unspecified atom stereocenters. The van der Waals surface area contributed by atoms with Gasteiger partial charge in [-0.05, 0) is 103 Å². The van der Waals surface area contributed by atoms with Crippen molar-refractivity contribution in [3.8, 4) is 0 Å². The van der Waals surface area contributed by atoms with E-state index in [0.717, 1.165) is 89.9 Å². The first-order chi connectivity index (χ1) is 41.1. The lowest BCUT2D eigenvalue weighted by atomic mass is 9.97. The lowest BCUT2D eigenvalue weighted by molar-refractivity contribution is -0.359. The zero-order chi connectivity index (χ0) is 60.9. The van der Waals surface area contributed by atoms with Crippen LogP contribution in [0.4, 0.5) is 0 Å². The number of hydrogen-bond donors (Lipinski definition) is 9. The minimum absolute atomic E-state index is 0.259. The first kappa shape index (κ1) is 76.5. The third kappa shape index (κ3) is 37.8. The molecule has 0 bridgehead atoms. The van der Waals surface area contributed by atoms with Crippen LogP contribution in [0.3, 0.4) is 0 Å². The Labute approximate surface area is 508 Å². The van der Waals surface area contributed by atoms with Crippen molar-refractivity contribution in [2.24, 2.45) is 0 Å². The Kier molecular flexibility index (Phi) is 48.8. The topological polar surface area (TPSA) is 228 Å². The number of aliphatic hydroxyl groups is 8. The second kappa shape index (κ2) is 53.6. The molecule has 2 saturated heterocycles. The molecule has 0 saturated carbocycles. The van der Waals surface area contributed by atoms with Crippen molar-refractivity contribution < 1.29 is 64.6 Å². The summed E-state index contributed by atoms with van der Waals surface area (Å²) in [4.78, 5) is 13.3. The SMILES string of the molecule is CC/C=C\C/C=C\C/C=C\C/C=C\C/C=C\C/C=C\C/C=C\CCCCCCCCCCCCCCCCCC(=O)NC(COC1OC(CO)C(OC2OC(CO)C(O)C(O)C2O)C(O)C1O)C(O)/C=C/CC/C=C/CC/C=C/CCCCC. The van der Waals surface area contributed by atoms with Gasteiger partial charge >= 0.3 is 0 Å². The molecule has 0 aromatic heterocycles. The summed E-state index contributed by atoms with van der Waals surface area (Å²) in [6, 6.07) is -0.944. The molecule has 9 N–H and O–H groups in total. The highest BCUT2D eigenvalue weighted by molar-refractivity contribution is 5.76. The number of rotatable bonds is 51. The summed E-state index contributed by atoms with van der Waals surface area (Å²) >= 11 is 0. The van der Waals surface area contributed by atoms with Crippen molar-refractivity contribution in [3.63, 3.8) is 0 Å². The monoisotopic (exact) mass is 1180 g/mol. The summed E-state index contributed by atoms with van der Waals surface area (Å²) in [5.74, 6) is -0.259. The van der Waals surface area contributed by atoms with Crippen LogP contribution in [-0.2, 0) is 23.7 Å². The molecule has 0 aromatic carbocycles. The molecule has 12 atom stereocenters. The van der Waals surface area contributed by atoms with E-state index in [4.69, 9.17) is 18.9 Å². The lowest BCUT2D eigenvalue weighted by Gasteiger charge is -2.46. The van der Waals surface area contributed by atoms with E-state index in [0.29, 0.717) is 12.8 Å². The number of allylic oxidation sites excluding steroid dienone is 19. The molecule has 14 heteroatoms. The van der Waals surface area contributed by atoms with Crippen LogP contribution in [0.15, 0.2) is 122 Å². The number of carbonyl (C=O) groups excluding carboxylic acids is 1. The Morgan fingerprint density at radius 1 is 0.440 bits per heavy atom. The van der Waals surface area contributed by atoms with Crippen molar-refractivity contribution in [1.29, 1.82) is 0 Å². The smallest absolute Gasteiger partial charge is 0.220 e. The predicted molar refractivity (Wildman–Crippen MR) is 341 cm³/mol. The molecule has 1 amide bonds. The number of amides is 1. The van der Waals surface area contributed by atoms with Crippen molar-refractivity contribution in [2.45, 2.75) is 293 Å². The molecule has 2 heterocycles. The Morgan fingerprint density at radius 2 is 0.833 bits per heavy atom. The molecule has 2 fully saturated rings. The van der Waals surface area contributed by atoms with Crippen molar-refractivity contribution in [1.82, 2.24) is 5.32 Å². The van der Waals surface area contributed by atoms with Gasteiger partial charge in [-0.1, -0.05) is 232 Å². The maximum Gasteiger partial charge on any atom is 0.220 e. The van der Waals surface area contributed by atoms with Crippen LogP contribution < -0.4 is 5.32 Å². The maximum atomic E-state index is 13.3. The standard InChI is InChI=1S/C70H117NO13/c1-3-5-7-9-11-13-15-17-18-19-20-21-22-23-24-25-26-27-28-29-30-31-32-33-34-35-36-37-38-39-40-42-44-46-48-50-52-54-62(75)71-58(59(74)53-51-49-47-45-43-41-16-14-12-10-8-6-4-2)57-81-69-67(80)65(78)68(61(56-73)83-69)84-70-66(79)64(77)63(76)60(55-72)82-70/h5,7,11-14,17-18,20-21,23-24,26-27,29-30,43,45,51,53,58-61,63-70,72-74,76-80H,3-4,6,8-10,15-16,19,22,25,28,31-42,44,46-50,52,54-57H2,1-2H3,(H,71,75)/b7-5-,13-11-,14-12+,18-17-,21-20-,24-23-,27-26-,30-29-,45-43+,53-51+. The van der Waals surface area contributed by atoms with Crippen LogP contribution in [0.2, 0.25) is 0 Å². The average Bonchev–Trinajstić information content (AvgIpc) is 2.58. The van der Waals surface area contributed by atoms with Gasteiger partial charge in [0.1, 0.15) is 48.8 Å². The molecule has 0 radical (unpaired) electrons. The van der Waals surface area contributed by atoms with Crippen LogP contribution in [-0.4, -0.2) is 140 Å². The molecule has 0 aromatic rings. The highest BCUT2D eigenvalue weighted by Gasteiger charge is 2.51. The fraction of sp³-hybridized carbons (Fsp3) is 0.700. The van der Waals surface area contributed by atoms with Gasteiger partial charge in [-0.3, -0.25) is 4.79 Å². The van der Waals surface area contributed by atoms with Gasteiger partial charge in [0.2, 0.25) is 5.91 Å². The van der Waals surface area contributed by atoms with Crippen molar-refractivity contribution in [2.75, 3.05) is 19.8 Å². The van der Waals surface area contributed by atoms with Crippen LogP contribution in [0.25, 0.3) is 0 Å². The van der Waals surface area contributed by atoms with Gasteiger partial charge in [0.05, 0.1) is 32.0 Å². The number of aliphatic hydroxyl groups excluding tert-OH is 8. The first-order valence-electron chi connectivity index (χ1n) is 32.8. The Hall–Kier alpha value is -3.61. The zero-order valence-corrected chi connectivity index (χ0v) is 51.8. The Bertz CT molecular complexity index is 1870. The van der Waals surface area contributed by atoms with Gasteiger partial charge in [-0.2, -0.15) is 0 Å². The van der Waals surface area contributed by atoms with E-state index >= 15 is 0 Å². The minimum Gasteiger partial charge on any atom is -0.394 e. The number of hydrogen-bond acceptors (Lipinski definition) is 13. The summed E-state index contributed by atoms with van der Waals surface area (Å²) in [5.41, 5.74) is 0. The van der Waals surface area contributed by atoms with E-state index in [9.17, 15) is 45.6 Å². The number of nitrogens with one attached hydrogen (secondary N) is 1. The highest BCUT2D eigenvalue weighted by atomic mass is 16.7. The van der Waals surface area contributed by atoms with E-state index in [1.54, 1.807) is 6.08 Å². The fourth-order valence-corrected chi connectivity index (χ4v) is 9.89. The molecule has 84 heavy (non-hydrogen) atoms. The summed E-state index contributed by atoms with van der Waals surface area (Å²) in [5, 5.41) is 87.1. The summed E-state index contributed by atoms with van der Waals surface area (Å²) in [7, 11) is 0. The van der Waals surface area contributed by atoms with Gasteiger partial charge in [0.15, 0.2) is 12.6 Å². The molecule has 480 valence electrons. The zero-order valence-electron chi connectivity index (χ0n) is 51.8. The van der Waals surface area contributed by atoms with Crippen LogP contribution in [0.1, 0.15) is 219 Å². The van der Waals surface area contributed by atoms with Gasteiger partial charge in [-0.15, -0.1) is 0 Å². The summed E-state index contributed by atoms with van der Waals surface area (Å²) < 4.78 is 22.7. The molecule has 0 aliphatic carbocycles. The normalized spacial score (nSPS) is 24.5. The number of carbonyl (C=O) groups is 1. The van der Waals surface area contributed by atoms with Crippen molar-refractivity contribution in [3.05, 3.63) is 122 Å². The molecule has 14 nitrogen and oxygen atoms in total. The Morgan fingerprint density at radius 3 is 1.31 bits per heavy atom. The second-order valence-corrected chi connectivity index (χ2v) is 22.5. The molecule has 0 spiro atoms. The lowest BCUT2D eigenvalue weighted by Crippen LogP contribution is -2.65. The number of unbranched alkanes of at least 4 members (excludes halogenated alkanes) is 20. The van der Waals surface area contributed by atoms with E-state index in [1.165, 1.54) is 96.3 Å². The van der Waals surface area contributed by atoms with E-state index in [1.807, 2.05) is 6.08 Å². The van der Waals surface area contributed by atoms with Crippen LogP contribution >= 0.6 is 0 Å². The molecular formula is C70H117NO13. The predicted octanol–water partition coefficient (Wildman–Crippen LogP) is 12.6. The van der Waals surface area contributed by atoms with Gasteiger partial charge in [0.25, 0.3) is 0 Å². The first-order valence-corrected chi connectivity index (χ1v) is 32.8. The largest absolute Gasteiger partial charge is 0.394 e. The molecule has 2 rings (SSSR count). The van der Waals surface area contributed by atoms with Crippen LogP contribution in [0, 0.1) is 0 Å². The third-order valence-electron chi connectivity index (χ3n) is 15.1. The maximum absolute atomic E-state index is 13.3. The van der Waals surface area contributed by atoms with E-state index < -0.39 is 86.8 Å². The van der Waals surface area contributed by atoms with Gasteiger partial charge < -0.3 is 65.1 Å². The van der Waals surface area contributed by atoms with Gasteiger partial charge in [0, 0.05) is 6.42 Å². The third-order valence-corrected chi connectivity index (χ3v) is 15.1. The van der Waals surface area contributed by atoms with Gasteiger partial charge in [-0.25, -0.2) is 0 Å². The second-order valence-electron chi connectivity index (χ2n) is 22.5. The quantitative estimate of drug-likeness (QED) is 0.0204. The molecule has 2 aliphatic heterocycles. The van der Waals surface area contributed by atoms with E-state index in [-0.39, 0.29) is 18.9 Å². The molecular weight excluding hydrogens is 1060 g/mol. The summed E-state index contributed by atoms with van der Waals surface area (Å²) in [6.07, 6.45) is 61.2. The minimum atomic E-state index is -1.80. The highest BCUT2D eigenvalue weighted by Crippen LogP contribution is 2.30. The van der Waals surface area contributed by atoms with Crippen molar-refractivity contribution >= 4 is 5.91 Å². The fourth-order valence-electron chi connectivity index (χ4n) is 9.89. The van der Waals surface area contributed by atoms with Crippen LogP contribution in [0.5, 0.6) is 0 Å². The average molecular weight is 1180 g/mol. The number of ether oxygens (including phenoxy) is 4. The summed E-state index contributed by atoms with van der Waals surface area (Å²) in [6.45, 7) is 2.61. The molecule has 2 aliphatic rings. The van der Waals surface area contributed by atoms with E-state index in [2.05, 4.69) is 129 Å².